The molecule has 4 atom stereocenters. The molecule has 4 N–H and O–H groups in total. The smallest absolute Gasteiger partial charge is 0.269 e. The lowest BCUT2D eigenvalue weighted by atomic mass is 9.94. The van der Waals surface area contributed by atoms with Gasteiger partial charge in [0.1, 0.15) is 18.5 Å². The molecule has 0 radical (unpaired) electrons. The predicted molar refractivity (Wildman–Crippen MR) is 145 cm³/mol. The fourth-order valence-electron chi connectivity index (χ4n) is 4.36. The Kier molecular flexibility index (Phi) is 11.5. The van der Waals surface area contributed by atoms with Gasteiger partial charge < -0.3 is 26.2 Å². The number of nitrogens with one attached hydrogen (secondary N) is 4. The van der Waals surface area contributed by atoms with Gasteiger partial charge >= 0.3 is 0 Å². The van der Waals surface area contributed by atoms with Crippen LogP contribution in [0.15, 0.2) is 43.0 Å². The number of hydrogen-bond donors (Lipinski definition) is 4. The number of rotatable bonds is 13. The average Bonchev–Trinajstić information content (AvgIpc) is 3.44. The minimum atomic E-state index is -3.09. The van der Waals surface area contributed by atoms with Crippen molar-refractivity contribution in [1.29, 1.82) is 0 Å². The molecule has 0 saturated carbocycles. The van der Waals surface area contributed by atoms with Crippen molar-refractivity contribution >= 4 is 35.3 Å². The summed E-state index contributed by atoms with van der Waals surface area (Å²) in [5, 5.41) is 9.70. The van der Waals surface area contributed by atoms with Crippen molar-refractivity contribution in [2.45, 2.75) is 70.4 Å². The molecule has 0 aliphatic carbocycles. The Morgan fingerprint density at radius 3 is 2.30 bits per heavy atom. The maximum Gasteiger partial charge on any atom is 0.269 e. The molecule has 1 heterocycles. The number of nitrogens with zero attached hydrogens (tertiary/aromatic N) is 1. The van der Waals surface area contributed by atoms with Crippen molar-refractivity contribution in [2.75, 3.05) is 13.6 Å². The van der Waals surface area contributed by atoms with Gasteiger partial charge in [-0.05, 0) is 37.3 Å². The fraction of sp³-hybridized carbons (Fsp3) is 0.500. The summed E-state index contributed by atoms with van der Waals surface area (Å²) < 4.78 is 15.6. The first-order valence-corrected chi connectivity index (χ1v) is 13.2. The zero-order valence-corrected chi connectivity index (χ0v) is 23.3. The predicted octanol–water partition coefficient (Wildman–Crippen LogP) is 0.539. The van der Waals surface area contributed by atoms with Crippen LogP contribution in [0.3, 0.4) is 0 Å². The first-order valence-electron chi connectivity index (χ1n) is 13.2. The third-order valence-electron chi connectivity index (χ3n) is 6.71. The van der Waals surface area contributed by atoms with E-state index in [0.717, 1.165) is 0 Å². The molecule has 0 spiro atoms. The number of ketones is 1. The summed E-state index contributed by atoms with van der Waals surface area (Å²) in [4.78, 5) is 77.1. The van der Waals surface area contributed by atoms with Crippen molar-refractivity contribution in [3.63, 3.8) is 0 Å². The molecule has 4 unspecified atom stereocenters. The van der Waals surface area contributed by atoms with Gasteiger partial charge in [0, 0.05) is 20.1 Å². The summed E-state index contributed by atoms with van der Waals surface area (Å²) in [5.74, 6) is -5.12. The van der Waals surface area contributed by atoms with E-state index in [2.05, 4.69) is 27.8 Å². The summed E-state index contributed by atoms with van der Waals surface area (Å²) in [7, 11) is 1.39. The van der Waals surface area contributed by atoms with Gasteiger partial charge in [0.25, 0.3) is 11.6 Å². The largest absolute Gasteiger partial charge is 0.359 e. The number of halogens is 1. The van der Waals surface area contributed by atoms with Crippen LogP contribution in [0, 0.1) is 5.92 Å². The van der Waals surface area contributed by atoms with Gasteiger partial charge in [-0.2, -0.15) is 0 Å². The van der Waals surface area contributed by atoms with E-state index in [4.69, 9.17) is 0 Å². The van der Waals surface area contributed by atoms with Gasteiger partial charge in [0.05, 0.1) is 6.04 Å². The Balaban J connectivity index is 2.07. The Morgan fingerprint density at radius 2 is 1.73 bits per heavy atom. The fourth-order valence-corrected chi connectivity index (χ4v) is 4.36. The van der Waals surface area contributed by atoms with Gasteiger partial charge in [0.2, 0.25) is 29.4 Å². The summed E-state index contributed by atoms with van der Waals surface area (Å²) in [6.45, 7) is 8.21. The molecule has 11 nitrogen and oxygen atoms in total. The molecule has 12 heteroatoms. The lowest BCUT2D eigenvalue weighted by Gasteiger charge is -2.31. The first-order chi connectivity index (χ1) is 18.8. The number of carbonyl (C=O) groups excluding carboxylic acids is 6. The van der Waals surface area contributed by atoms with Gasteiger partial charge in [-0.15, -0.1) is 0 Å². The molecular weight excluding hydrogens is 521 g/mol. The number of likely N-dealkylation sites (tertiary alicyclic amines) is 1. The third-order valence-corrected chi connectivity index (χ3v) is 6.71. The van der Waals surface area contributed by atoms with E-state index < -0.39 is 65.5 Å². The SMILES string of the molecule is C=CC(F)(C(=O)NCc1ccccc1)C(=O)C(C)NC(=O)C1CCCN1C(=O)C(NC(=O)CC(=O)NC)C(C)C. The van der Waals surface area contributed by atoms with E-state index in [9.17, 15) is 28.8 Å². The summed E-state index contributed by atoms with van der Waals surface area (Å²) >= 11 is 0. The zero-order chi connectivity index (χ0) is 30.0. The van der Waals surface area contributed by atoms with Crippen LogP contribution in [0.1, 0.15) is 45.6 Å². The minimum Gasteiger partial charge on any atom is -0.359 e. The summed E-state index contributed by atoms with van der Waals surface area (Å²) in [6.07, 6.45) is 0.919. The normalized spacial score (nSPS) is 17.6. The number of alkyl halides is 1. The van der Waals surface area contributed by atoms with Crippen molar-refractivity contribution in [3.05, 3.63) is 48.6 Å². The topological polar surface area (TPSA) is 154 Å². The van der Waals surface area contributed by atoms with E-state index in [1.165, 1.54) is 18.9 Å². The molecule has 5 amide bonds. The first kappa shape index (κ1) is 32.1. The quantitative estimate of drug-likeness (QED) is 0.204. The van der Waals surface area contributed by atoms with Gasteiger partial charge in [0.15, 0.2) is 0 Å². The maximum atomic E-state index is 15.6. The highest BCUT2D eigenvalue weighted by atomic mass is 19.1. The van der Waals surface area contributed by atoms with Crippen LogP contribution in [-0.2, 0) is 35.3 Å². The van der Waals surface area contributed by atoms with E-state index in [-0.39, 0.29) is 25.4 Å². The van der Waals surface area contributed by atoms with Crippen molar-refractivity contribution in [2.24, 2.45) is 5.92 Å². The van der Waals surface area contributed by atoms with E-state index in [0.29, 0.717) is 18.1 Å². The van der Waals surface area contributed by atoms with E-state index in [1.807, 2.05) is 0 Å². The standard InChI is InChI=1S/C28H38FN5O6/c1-6-28(29,27(40)31-16-19-11-8-7-9-12-19)24(37)18(4)32-25(38)20-13-10-14-34(20)26(39)23(17(2)3)33-22(36)15-21(35)30-5/h6-9,11-12,17-18,20,23H,1,10,13-16H2,2-5H3,(H,30,35)(H,31,40)(H,32,38)(H,33,36). The monoisotopic (exact) mass is 559 g/mol. The van der Waals surface area contributed by atoms with Crippen LogP contribution in [0.2, 0.25) is 0 Å². The average molecular weight is 560 g/mol. The highest BCUT2D eigenvalue weighted by Gasteiger charge is 2.47. The van der Waals surface area contributed by atoms with Crippen LogP contribution in [0.4, 0.5) is 4.39 Å². The Morgan fingerprint density at radius 1 is 1.07 bits per heavy atom. The van der Waals surface area contributed by atoms with E-state index in [1.54, 1.807) is 44.2 Å². The maximum absolute atomic E-state index is 15.6. The van der Waals surface area contributed by atoms with Gasteiger partial charge in [-0.25, -0.2) is 4.39 Å². The summed E-state index contributed by atoms with van der Waals surface area (Å²) in [5.41, 5.74) is -2.39. The molecule has 0 aromatic heterocycles. The van der Waals surface area contributed by atoms with Crippen LogP contribution in [0.25, 0.3) is 0 Å². The number of amides is 5. The highest BCUT2D eigenvalue weighted by molar-refractivity contribution is 6.14. The van der Waals surface area contributed by atoms with Crippen molar-refractivity contribution < 1.29 is 33.2 Å². The lowest BCUT2D eigenvalue weighted by molar-refractivity contribution is -0.145. The molecule has 1 aliphatic heterocycles. The molecular formula is C28H38FN5O6. The van der Waals surface area contributed by atoms with Crippen molar-refractivity contribution in [1.82, 2.24) is 26.2 Å². The second kappa shape index (κ2) is 14.3. The molecule has 2 rings (SSSR count). The van der Waals surface area contributed by atoms with Crippen LogP contribution >= 0.6 is 0 Å². The summed E-state index contributed by atoms with van der Waals surface area (Å²) in [6, 6.07) is 5.37. The zero-order valence-electron chi connectivity index (χ0n) is 23.3. The second-order valence-electron chi connectivity index (χ2n) is 10.0. The molecule has 1 saturated heterocycles. The third kappa shape index (κ3) is 7.96. The highest BCUT2D eigenvalue weighted by Crippen LogP contribution is 2.22. The minimum absolute atomic E-state index is 0.0109. The van der Waals surface area contributed by atoms with E-state index >= 15 is 4.39 Å². The molecule has 1 fully saturated rings. The number of carbonyl (C=O) groups is 6. The van der Waals surface area contributed by atoms with Crippen LogP contribution < -0.4 is 21.3 Å². The molecule has 1 aliphatic rings. The second-order valence-corrected chi connectivity index (χ2v) is 10.0. The number of benzene rings is 1. The van der Waals surface area contributed by atoms with Gasteiger partial charge in [-0.1, -0.05) is 50.8 Å². The van der Waals surface area contributed by atoms with Crippen molar-refractivity contribution in [3.8, 4) is 0 Å². The Hall–Kier alpha value is -4.09. The number of Topliss-reactive ketones (excluding diaryl/α,β-unsaturated/α-hetero) is 1. The lowest BCUT2D eigenvalue weighted by Crippen LogP contribution is -2.58. The Bertz CT molecular complexity index is 1130. The Labute approximate surface area is 233 Å². The molecule has 1 aromatic rings. The van der Waals surface area contributed by atoms with Gasteiger partial charge in [-0.3, -0.25) is 28.8 Å². The molecule has 0 bridgehead atoms. The van der Waals surface area contributed by atoms with Crippen LogP contribution in [0.5, 0.6) is 0 Å². The molecule has 1 aromatic carbocycles. The molecule has 218 valence electrons. The molecule has 40 heavy (non-hydrogen) atoms. The number of hydrogen-bond acceptors (Lipinski definition) is 6. The van der Waals surface area contributed by atoms with Crippen LogP contribution in [-0.4, -0.2) is 77.6 Å².